The van der Waals surface area contributed by atoms with Gasteiger partial charge in [0.25, 0.3) is 5.91 Å². The van der Waals surface area contributed by atoms with Crippen LogP contribution in [0.5, 0.6) is 0 Å². The highest BCUT2D eigenvalue weighted by Crippen LogP contribution is 2.16. The smallest absolute Gasteiger partial charge is 0.305 e. The van der Waals surface area contributed by atoms with E-state index in [0.29, 0.717) is 5.56 Å². The summed E-state index contributed by atoms with van der Waals surface area (Å²) in [6, 6.07) is 11.1. The van der Waals surface area contributed by atoms with Crippen LogP contribution in [-0.2, 0) is 11.3 Å². The van der Waals surface area contributed by atoms with Gasteiger partial charge in [-0.05, 0) is 36.8 Å². The molecule has 3 aromatic rings. The quantitative estimate of drug-likeness (QED) is 0.500. The van der Waals surface area contributed by atoms with Crippen molar-refractivity contribution in [3.8, 4) is 0 Å². The zero-order valence-corrected chi connectivity index (χ0v) is 14.8. The molecule has 2 aromatic heterocycles. The predicted octanol–water partition coefficient (Wildman–Crippen LogP) is 2.14. The number of carboxylic acid groups (broad SMARTS) is 1. The third-order valence-electron chi connectivity index (χ3n) is 4.05. The van der Waals surface area contributed by atoms with E-state index in [2.05, 4.69) is 20.7 Å². The first kappa shape index (κ1) is 18.4. The molecule has 0 unspecified atom stereocenters. The summed E-state index contributed by atoms with van der Waals surface area (Å²) in [4.78, 5) is 26.8. The van der Waals surface area contributed by atoms with E-state index >= 15 is 0 Å². The fourth-order valence-corrected chi connectivity index (χ4v) is 2.70. The van der Waals surface area contributed by atoms with Crippen LogP contribution in [-0.4, -0.2) is 44.8 Å². The van der Waals surface area contributed by atoms with Gasteiger partial charge in [-0.2, -0.15) is 5.10 Å². The molecule has 2 heterocycles. The molecule has 3 N–H and O–H groups in total. The second-order valence-electron chi connectivity index (χ2n) is 6.04. The molecule has 140 valence electrons. The lowest BCUT2D eigenvalue weighted by atomic mass is 10.1. The highest BCUT2D eigenvalue weighted by atomic mass is 16.4. The Bertz CT molecular complexity index is 923. The van der Waals surface area contributed by atoms with E-state index < -0.39 is 5.97 Å². The Kier molecular flexibility index (Phi) is 5.98. The molecule has 0 saturated heterocycles. The number of hydrogen-bond acceptors (Lipinski definition) is 5. The van der Waals surface area contributed by atoms with Crippen molar-refractivity contribution in [1.82, 2.24) is 20.1 Å². The maximum atomic E-state index is 12.1. The van der Waals surface area contributed by atoms with Gasteiger partial charge in [0.1, 0.15) is 5.82 Å². The number of aryl methyl sites for hydroxylation is 1. The number of carboxylic acids is 1. The lowest BCUT2D eigenvalue weighted by Gasteiger charge is -2.07. The second kappa shape index (κ2) is 8.79. The monoisotopic (exact) mass is 367 g/mol. The lowest BCUT2D eigenvalue weighted by molar-refractivity contribution is -0.136. The van der Waals surface area contributed by atoms with Crippen LogP contribution in [0.15, 0.2) is 48.8 Å². The number of nitrogens with one attached hydrogen (secondary N) is 2. The van der Waals surface area contributed by atoms with E-state index in [1.54, 1.807) is 24.5 Å². The van der Waals surface area contributed by atoms with Crippen molar-refractivity contribution in [2.24, 2.45) is 0 Å². The first-order valence-electron chi connectivity index (χ1n) is 8.74. The Hall–Kier alpha value is -3.42. The number of amides is 1. The van der Waals surface area contributed by atoms with Gasteiger partial charge in [0.05, 0.1) is 18.1 Å². The average Bonchev–Trinajstić information content (AvgIpc) is 3.08. The number of rotatable bonds is 9. The van der Waals surface area contributed by atoms with Crippen LogP contribution in [0.3, 0.4) is 0 Å². The number of hydrogen-bond donors (Lipinski definition) is 3. The largest absolute Gasteiger partial charge is 0.481 e. The van der Waals surface area contributed by atoms with E-state index in [4.69, 9.17) is 5.11 Å². The van der Waals surface area contributed by atoms with E-state index in [1.807, 2.05) is 28.9 Å². The average molecular weight is 367 g/mol. The third kappa shape index (κ3) is 5.04. The number of carbonyl (C=O) groups excluding carboxylic acids is 1. The minimum absolute atomic E-state index is 0.0988. The topological polar surface area (TPSA) is 109 Å². The van der Waals surface area contributed by atoms with Gasteiger partial charge in [-0.1, -0.05) is 6.07 Å². The van der Waals surface area contributed by atoms with E-state index in [1.165, 1.54) is 0 Å². The molecule has 1 amide bonds. The molecule has 0 bridgehead atoms. The molecule has 0 fully saturated rings. The van der Waals surface area contributed by atoms with Gasteiger partial charge in [-0.15, -0.1) is 0 Å². The van der Waals surface area contributed by atoms with Crippen molar-refractivity contribution in [3.05, 3.63) is 54.4 Å². The van der Waals surface area contributed by atoms with Crippen molar-refractivity contribution < 1.29 is 14.7 Å². The second-order valence-corrected chi connectivity index (χ2v) is 6.04. The molecule has 3 rings (SSSR count). The Labute approximate surface area is 156 Å². The van der Waals surface area contributed by atoms with Crippen molar-refractivity contribution in [1.29, 1.82) is 0 Å². The van der Waals surface area contributed by atoms with E-state index in [0.717, 1.165) is 36.2 Å². The molecule has 8 nitrogen and oxygen atoms in total. The SMILES string of the molecule is O=C(O)CCNC(=O)c1ccc2c(cnn2CCCNc2ccccn2)c1. The Balaban J connectivity index is 1.55. The normalized spacial score (nSPS) is 10.7. The zero-order chi connectivity index (χ0) is 19.1. The number of aliphatic carboxylic acids is 1. The minimum Gasteiger partial charge on any atom is -0.481 e. The number of aromatic nitrogens is 3. The van der Waals surface area contributed by atoms with Gasteiger partial charge in [-0.25, -0.2) is 4.98 Å². The van der Waals surface area contributed by atoms with Gasteiger partial charge in [0.15, 0.2) is 0 Å². The van der Waals surface area contributed by atoms with Crippen molar-refractivity contribution in [3.63, 3.8) is 0 Å². The summed E-state index contributed by atoms with van der Waals surface area (Å²) in [6.07, 6.45) is 4.26. The predicted molar refractivity (Wildman–Crippen MR) is 102 cm³/mol. The molecule has 0 aliphatic rings. The minimum atomic E-state index is -0.940. The first-order valence-corrected chi connectivity index (χ1v) is 8.74. The maximum Gasteiger partial charge on any atom is 0.305 e. The molecule has 1 aromatic carbocycles. The zero-order valence-electron chi connectivity index (χ0n) is 14.8. The highest BCUT2D eigenvalue weighted by Gasteiger charge is 2.09. The fourth-order valence-electron chi connectivity index (χ4n) is 2.70. The summed E-state index contributed by atoms with van der Waals surface area (Å²) in [5.41, 5.74) is 1.44. The number of pyridine rings is 1. The maximum absolute atomic E-state index is 12.1. The standard InChI is InChI=1S/C19H21N5O3/c25-18(26)7-10-22-19(27)14-5-6-16-15(12-14)13-23-24(16)11-3-9-21-17-4-1-2-8-20-17/h1-2,4-6,8,12-13H,3,7,9-11H2,(H,20,21)(H,22,27)(H,25,26). The molecule has 0 saturated carbocycles. The number of nitrogens with zero attached hydrogens (tertiary/aromatic N) is 3. The van der Waals surface area contributed by atoms with Crippen LogP contribution in [0.4, 0.5) is 5.82 Å². The molecule has 8 heteroatoms. The summed E-state index contributed by atoms with van der Waals surface area (Å²) in [5.74, 6) is -0.378. The van der Waals surface area contributed by atoms with Crippen LogP contribution in [0.1, 0.15) is 23.2 Å². The third-order valence-corrected chi connectivity index (χ3v) is 4.05. The molecule has 0 spiro atoms. The van der Waals surface area contributed by atoms with Gasteiger partial charge in [0, 0.05) is 36.8 Å². The van der Waals surface area contributed by atoms with Gasteiger partial charge in [-0.3, -0.25) is 14.3 Å². The van der Waals surface area contributed by atoms with E-state index in [-0.39, 0.29) is 18.9 Å². The van der Waals surface area contributed by atoms with Gasteiger partial charge in [0.2, 0.25) is 0 Å². The summed E-state index contributed by atoms with van der Waals surface area (Å²) < 4.78 is 1.90. The summed E-state index contributed by atoms with van der Waals surface area (Å²) in [5, 5.41) is 19.7. The molecular weight excluding hydrogens is 346 g/mol. The van der Waals surface area contributed by atoms with Crippen LogP contribution in [0, 0.1) is 0 Å². The van der Waals surface area contributed by atoms with Crippen molar-refractivity contribution in [2.45, 2.75) is 19.4 Å². The van der Waals surface area contributed by atoms with Crippen molar-refractivity contribution in [2.75, 3.05) is 18.4 Å². The van der Waals surface area contributed by atoms with Crippen LogP contribution in [0.25, 0.3) is 10.9 Å². The van der Waals surface area contributed by atoms with Crippen molar-refractivity contribution >= 4 is 28.6 Å². The molecular formula is C19H21N5O3. The highest BCUT2D eigenvalue weighted by molar-refractivity contribution is 5.98. The van der Waals surface area contributed by atoms with Crippen LogP contribution in [0.2, 0.25) is 0 Å². The van der Waals surface area contributed by atoms with E-state index in [9.17, 15) is 9.59 Å². The number of benzene rings is 1. The Morgan fingerprint density at radius 1 is 1.15 bits per heavy atom. The van der Waals surface area contributed by atoms with Crippen LogP contribution >= 0.6 is 0 Å². The number of anilines is 1. The number of fused-ring (bicyclic) bond motifs is 1. The molecule has 0 atom stereocenters. The Morgan fingerprint density at radius 3 is 2.81 bits per heavy atom. The summed E-state index contributed by atoms with van der Waals surface area (Å²) in [7, 11) is 0. The lowest BCUT2D eigenvalue weighted by Crippen LogP contribution is -2.25. The number of carbonyl (C=O) groups is 2. The molecule has 0 radical (unpaired) electrons. The summed E-state index contributed by atoms with van der Waals surface area (Å²) in [6.45, 7) is 1.63. The van der Waals surface area contributed by atoms with Gasteiger partial charge >= 0.3 is 5.97 Å². The fraction of sp³-hybridized carbons (Fsp3) is 0.263. The van der Waals surface area contributed by atoms with Gasteiger partial charge < -0.3 is 15.7 Å². The van der Waals surface area contributed by atoms with Crippen LogP contribution < -0.4 is 10.6 Å². The summed E-state index contributed by atoms with van der Waals surface area (Å²) >= 11 is 0. The Morgan fingerprint density at radius 2 is 2.04 bits per heavy atom. The molecule has 0 aliphatic carbocycles. The molecule has 0 aliphatic heterocycles. The first-order chi connectivity index (χ1) is 13.1. The molecule has 27 heavy (non-hydrogen) atoms.